The molecule has 90 valence electrons. The van der Waals surface area contributed by atoms with Crippen LogP contribution in [0.4, 0.5) is 0 Å². The molecule has 0 aliphatic heterocycles. The van der Waals surface area contributed by atoms with Crippen molar-refractivity contribution >= 4 is 0 Å². The summed E-state index contributed by atoms with van der Waals surface area (Å²) in [4.78, 5) is 0. The third-order valence-electron chi connectivity index (χ3n) is 5.04. The molecule has 1 heteroatoms. The molecule has 1 nitrogen and oxygen atoms in total. The largest absolute Gasteiger partial charge is 0.393 e. The molecular weight excluding hydrogens is 196 g/mol. The Kier molecular flexibility index (Phi) is 3.00. The van der Waals surface area contributed by atoms with E-state index in [-0.39, 0.29) is 11.5 Å². The summed E-state index contributed by atoms with van der Waals surface area (Å²) >= 11 is 0. The first kappa shape index (κ1) is 11.9. The van der Waals surface area contributed by atoms with E-state index in [4.69, 9.17) is 0 Å². The first-order valence-corrected chi connectivity index (χ1v) is 6.46. The molecule has 2 aliphatic rings. The quantitative estimate of drug-likeness (QED) is 0.668. The van der Waals surface area contributed by atoms with Crippen molar-refractivity contribution in [1.82, 2.24) is 0 Å². The van der Waals surface area contributed by atoms with Crippen molar-refractivity contribution in [2.75, 3.05) is 0 Å². The Morgan fingerprint density at radius 2 is 2.12 bits per heavy atom. The minimum atomic E-state index is -0.130. The van der Waals surface area contributed by atoms with Crippen LogP contribution < -0.4 is 0 Å². The standard InChI is InChI=1S/C15H24O/c1-10(2)12-7-8-15(4)13(9-12)11(3)5-6-14(15)16/h12-14,16H,1,3,5-9H2,2,4H3. The zero-order valence-corrected chi connectivity index (χ0v) is 10.6. The number of aliphatic hydroxyl groups excluding tert-OH is 1. The topological polar surface area (TPSA) is 20.2 Å². The maximum absolute atomic E-state index is 10.2. The molecule has 0 aromatic heterocycles. The molecule has 0 aromatic rings. The highest BCUT2D eigenvalue weighted by atomic mass is 16.3. The summed E-state index contributed by atoms with van der Waals surface area (Å²) in [6, 6.07) is 0. The molecule has 2 aliphatic carbocycles. The predicted octanol–water partition coefficient (Wildman–Crippen LogP) is 3.70. The summed E-state index contributed by atoms with van der Waals surface area (Å²) in [6.07, 6.45) is 5.24. The summed E-state index contributed by atoms with van der Waals surface area (Å²) in [7, 11) is 0. The lowest BCUT2D eigenvalue weighted by atomic mass is 9.55. The van der Waals surface area contributed by atoms with Crippen LogP contribution in [0.5, 0.6) is 0 Å². The number of aliphatic hydroxyl groups is 1. The van der Waals surface area contributed by atoms with Crippen molar-refractivity contribution < 1.29 is 5.11 Å². The average Bonchev–Trinajstić information content (AvgIpc) is 2.24. The van der Waals surface area contributed by atoms with Gasteiger partial charge in [-0.2, -0.15) is 0 Å². The predicted molar refractivity (Wildman–Crippen MR) is 68.1 cm³/mol. The second-order valence-electron chi connectivity index (χ2n) is 6.09. The third-order valence-corrected chi connectivity index (χ3v) is 5.04. The highest BCUT2D eigenvalue weighted by Crippen LogP contribution is 2.54. The van der Waals surface area contributed by atoms with E-state index in [2.05, 4.69) is 27.0 Å². The minimum Gasteiger partial charge on any atom is -0.393 e. The monoisotopic (exact) mass is 220 g/mol. The zero-order valence-electron chi connectivity index (χ0n) is 10.6. The van der Waals surface area contributed by atoms with Crippen LogP contribution >= 0.6 is 0 Å². The van der Waals surface area contributed by atoms with Crippen molar-refractivity contribution in [3.8, 4) is 0 Å². The van der Waals surface area contributed by atoms with Crippen LogP contribution in [0.15, 0.2) is 24.3 Å². The zero-order chi connectivity index (χ0) is 11.9. The van der Waals surface area contributed by atoms with Gasteiger partial charge in [-0.15, -0.1) is 0 Å². The fourth-order valence-electron chi connectivity index (χ4n) is 3.64. The van der Waals surface area contributed by atoms with Gasteiger partial charge in [0.2, 0.25) is 0 Å². The van der Waals surface area contributed by atoms with Crippen LogP contribution in [0.25, 0.3) is 0 Å². The molecule has 0 aromatic carbocycles. The molecule has 4 atom stereocenters. The summed E-state index contributed by atoms with van der Waals surface area (Å²) in [5.74, 6) is 1.15. The van der Waals surface area contributed by atoms with E-state index in [0.717, 1.165) is 25.7 Å². The van der Waals surface area contributed by atoms with Crippen LogP contribution in [-0.2, 0) is 0 Å². The fourth-order valence-corrected chi connectivity index (χ4v) is 3.64. The maximum Gasteiger partial charge on any atom is 0.0602 e. The molecule has 2 fully saturated rings. The average molecular weight is 220 g/mol. The molecule has 0 bridgehead atoms. The second-order valence-corrected chi connectivity index (χ2v) is 6.09. The molecule has 0 heterocycles. The van der Waals surface area contributed by atoms with E-state index >= 15 is 0 Å². The van der Waals surface area contributed by atoms with E-state index in [1.165, 1.54) is 17.6 Å². The number of rotatable bonds is 1. The molecule has 4 unspecified atom stereocenters. The van der Waals surface area contributed by atoms with E-state index in [1.54, 1.807) is 0 Å². The SMILES string of the molecule is C=C(C)C1CCC2(C)C(O)CCC(=C)C2C1. The molecule has 0 amide bonds. The Hall–Kier alpha value is -0.560. The van der Waals surface area contributed by atoms with E-state index in [9.17, 15) is 5.11 Å². The molecule has 0 saturated heterocycles. The Morgan fingerprint density at radius 3 is 2.75 bits per heavy atom. The lowest BCUT2D eigenvalue weighted by Gasteiger charge is -2.51. The number of fused-ring (bicyclic) bond motifs is 1. The Labute approximate surface area is 99.3 Å². The van der Waals surface area contributed by atoms with Gasteiger partial charge < -0.3 is 5.11 Å². The summed E-state index contributed by atoms with van der Waals surface area (Å²) in [5.41, 5.74) is 2.75. The lowest BCUT2D eigenvalue weighted by Crippen LogP contribution is -2.47. The van der Waals surface area contributed by atoms with Gasteiger partial charge in [-0.05, 0) is 50.9 Å². The van der Waals surface area contributed by atoms with Crippen LogP contribution in [0.3, 0.4) is 0 Å². The molecule has 1 N–H and O–H groups in total. The normalized spacial score (nSPS) is 43.9. The van der Waals surface area contributed by atoms with Crippen LogP contribution in [0.1, 0.15) is 46.0 Å². The summed E-state index contributed by atoms with van der Waals surface area (Å²) in [6.45, 7) is 12.7. The van der Waals surface area contributed by atoms with Gasteiger partial charge in [-0.25, -0.2) is 0 Å². The van der Waals surface area contributed by atoms with Gasteiger partial charge in [0, 0.05) is 5.41 Å². The maximum atomic E-state index is 10.2. The second kappa shape index (κ2) is 4.03. The lowest BCUT2D eigenvalue weighted by molar-refractivity contribution is -0.0505. The van der Waals surface area contributed by atoms with Crippen molar-refractivity contribution in [3.63, 3.8) is 0 Å². The minimum absolute atomic E-state index is 0.0846. The number of hydrogen-bond acceptors (Lipinski definition) is 1. The Morgan fingerprint density at radius 1 is 1.44 bits per heavy atom. The highest BCUT2D eigenvalue weighted by molar-refractivity contribution is 5.17. The van der Waals surface area contributed by atoms with Crippen molar-refractivity contribution in [2.45, 2.75) is 52.1 Å². The summed E-state index contributed by atoms with van der Waals surface area (Å²) in [5, 5.41) is 10.2. The number of allylic oxidation sites excluding steroid dienone is 2. The van der Waals surface area contributed by atoms with Crippen molar-refractivity contribution in [3.05, 3.63) is 24.3 Å². The molecule has 0 radical (unpaired) electrons. The first-order chi connectivity index (χ1) is 7.45. The molecule has 2 saturated carbocycles. The molecule has 2 rings (SSSR count). The van der Waals surface area contributed by atoms with E-state index < -0.39 is 0 Å². The van der Waals surface area contributed by atoms with Gasteiger partial charge in [0.15, 0.2) is 0 Å². The van der Waals surface area contributed by atoms with Gasteiger partial charge >= 0.3 is 0 Å². The van der Waals surface area contributed by atoms with Gasteiger partial charge in [-0.3, -0.25) is 0 Å². The Bertz CT molecular complexity index is 317. The van der Waals surface area contributed by atoms with Gasteiger partial charge in [0.1, 0.15) is 0 Å². The van der Waals surface area contributed by atoms with Crippen molar-refractivity contribution in [1.29, 1.82) is 0 Å². The van der Waals surface area contributed by atoms with E-state index in [1.807, 2.05) is 0 Å². The van der Waals surface area contributed by atoms with Gasteiger partial charge in [0.05, 0.1) is 6.10 Å². The molecule has 0 spiro atoms. The summed E-state index contributed by atoms with van der Waals surface area (Å²) < 4.78 is 0. The first-order valence-electron chi connectivity index (χ1n) is 6.46. The molecule has 16 heavy (non-hydrogen) atoms. The van der Waals surface area contributed by atoms with Crippen LogP contribution in [-0.4, -0.2) is 11.2 Å². The van der Waals surface area contributed by atoms with Gasteiger partial charge in [0.25, 0.3) is 0 Å². The van der Waals surface area contributed by atoms with Gasteiger partial charge in [-0.1, -0.05) is 31.2 Å². The fraction of sp³-hybridized carbons (Fsp3) is 0.733. The number of hydrogen-bond donors (Lipinski definition) is 1. The van der Waals surface area contributed by atoms with E-state index in [0.29, 0.717) is 11.8 Å². The van der Waals surface area contributed by atoms with Crippen LogP contribution in [0, 0.1) is 17.3 Å². The Balaban J connectivity index is 2.21. The third kappa shape index (κ3) is 1.75. The van der Waals surface area contributed by atoms with Crippen LogP contribution in [0.2, 0.25) is 0 Å². The smallest absolute Gasteiger partial charge is 0.0602 e. The highest BCUT2D eigenvalue weighted by Gasteiger charge is 2.48. The molecular formula is C15H24O. The van der Waals surface area contributed by atoms with Crippen molar-refractivity contribution in [2.24, 2.45) is 17.3 Å².